The standard InChI is InChI=1S/C20H15NO7S/c1-2-3-11-8-18(22)27-17-9-12(4-6-14(11)17)28-29(25,26)13-5-7-15-16(10-13)20(24)21-19(15)23/h4-10H,2-3H2,1H3,(H,21,23,24). The molecule has 0 fully saturated rings. The lowest BCUT2D eigenvalue weighted by atomic mass is 10.1. The summed E-state index contributed by atoms with van der Waals surface area (Å²) in [7, 11) is -4.29. The topological polar surface area (TPSA) is 120 Å². The molecule has 0 radical (unpaired) electrons. The molecule has 8 nitrogen and oxygen atoms in total. The first-order chi connectivity index (χ1) is 13.8. The highest BCUT2D eigenvalue weighted by atomic mass is 32.2. The van der Waals surface area contributed by atoms with Gasteiger partial charge in [0.2, 0.25) is 0 Å². The van der Waals surface area contributed by atoms with Gasteiger partial charge in [0.05, 0.1) is 11.1 Å². The predicted molar refractivity (Wildman–Crippen MR) is 103 cm³/mol. The number of carbonyl (C=O) groups is 2. The molecular formula is C20H15NO7S. The summed E-state index contributed by atoms with van der Waals surface area (Å²) >= 11 is 0. The Morgan fingerprint density at radius 3 is 2.48 bits per heavy atom. The normalized spacial score (nSPS) is 13.4. The molecule has 0 aliphatic carbocycles. The molecule has 3 aromatic rings. The lowest BCUT2D eigenvalue weighted by Crippen LogP contribution is -2.19. The van der Waals surface area contributed by atoms with Gasteiger partial charge >= 0.3 is 15.7 Å². The van der Waals surface area contributed by atoms with Crippen LogP contribution in [0.3, 0.4) is 0 Å². The van der Waals surface area contributed by atoms with Gasteiger partial charge in [-0.1, -0.05) is 13.3 Å². The second-order valence-electron chi connectivity index (χ2n) is 6.53. The molecule has 1 aliphatic rings. The van der Waals surface area contributed by atoms with Gasteiger partial charge in [-0.25, -0.2) is 4.79 Å². The molecule has 29 heavy (non-hydrogen) atoms. The molecule has 0 spiro atoms. The number of hydrogen-bond donors (Lipinski definition) is 1. The maximum absolute atomic E-state index is 12.6. The molecule has 2 amide bonds. The van der Waals surface area contributed by atoms with E-state index in [1.807, 2.05) is 6.92 Å². The SMILES string of the molecule is CCCc1cc(=O)oc2cc(OS(=O)(=O)c3ccc4c(c3)C(=O)NC4=O)ccc12. The number of hydrogen-bond acceptors (Lipinski definition) is 7. The van der Waals surface area contributed by atoms with Crippen LogP contribution in [-0.4, -0.2) is 20.2 Å². The van der Waals surface area contributed by atoms with Gasteiger partial charge in [0.15, 0.2) is 0 Å². The summed E-state index contributed by atoms with van der Waals surface area (Å²) in [5.74, 6) is -1.30. The zero-order valence-electron chi connectivity index (χ0n) is 15.2. The van der Waals surface area contributed by atoms with Crippen LogP contribution in [0.4, 0.5) is 0 Å². The van der Waals surface area contributed by atoms with Crippen LogP contribution in [0.25, 0.3) is 11.0 Å². The minimum atomic E-state index is -4.29. The summed E-state index contributed by atoms with van der Waals surface area (Å²) in [6.07, 6.45) is 1.51. The van der Waals surface area contributed by atoms with Crippen molar-refractivity contribution in [2.45, 2.75) is 24.7 Å². The van der Waals surface area contributed by atoms with Crippen LogP contribution < -0.4 is 15.1 Å². The first kappa shape index (κ1) is 18.9. The Bertz CT molecular complexity index is 1340. The third-order valence-corrected chi connectivity index (χ3v) is 5.77. The van der Waals surface area contributed by atoms with Crippen molar-refractivity contribution in [3.8, 4) is 5.75 Å². The van der Waals surface area contributed by atoms with E-state index in [2.05, 4.69) is 5.32 Å². The van der Waals surface area contributed by atoms with E-state index in [9.17, 15) is 22.8 Å². The van der Waals surface area contributed by atoms with Gasteiger partial charge in [-0.05, 0) is 42.3 Å². The van der Waals surface area contributed by atoms with Crippen LogP contribution in [0.15, 0.2) is 56.6 Å². The highest BCUT2D eigenvalue weighted by Crippen LogP contribution is 2.27. The number of fused-ring (bicyclic) bond motifs is 2. The quantitative estimate of drug-likeness (QED) is 0.387. The number of benzene rings is 2. The summed E-state index contributed by atoms with van der Waals surface area (Å²) in [4.78, 5) is 34.9. The Hall–Kier alpha value is -3.46. The monoisotopic (exact) mass is 413 g/mol. The number of nitrogens with one attached hydrogen (secondary N) is 1. The van der Waals surface area contributed by atoms with Crippen LogP contribution in [0.2, 0.25) is 0 Å². The minimum absolute atomic E-state index is 0.0339. The molecular weight excluding hydrogens is 398 g/mol. The Balaban J connectivity index is 1.71. The smallest absolute Gasteiger partial charge is 0.339 e. The second-order valence-corrected chi connectivity index (χ2v) is 8.07. The molecule has 2 heterocycles. The second kappa shape index (κ2) is 6.85. The zero-order valence-corrected chi connectivity index (χ0v) is 16.0. The fraction of sp³-hybridized carbons (Fsp3) is 0.150. The lowest BCUT2D eigenvalue weighted by molar-refractivity contribution is 0.0879. The van der Waals surface area contributed by atoms with E-state index >= 15 is 0 Å². The molecule has 0 atom stereocenters. The van der Waals surface area contributed by atoms with Gasteiger partial charge in [0.1, 0.15) is 16.2 Å². The molecule has 1 N–H and O–H groups in total. The van der Waals surface area contributed by atoms with E-state index in [0.29, 0.717) is 11.8 Å². The highest BCUT2D eigenvalue weighted by Gasteiger charge is 2.29. The number of amides is 2. The Kier molecular flexibility index (Phi) is 4.46. The molecule has 0 unspecified atom stereocenters. The van der Waals surface area contributed by atoms with Crippen LogP contribution >= 0.6 is 0 Å². The van der Waals surface area contributed by atoms with Crippen LogP contribution in [0.5, 0.6) is 5.75 Å². The number of rotatable bonds is 5. The van der Waals surface area contributed by atoms with Crippen molar-refractivity contribution in [3.63, 3.8) is 0 Å². The molecule has 1 aliphatic heterocycles. The summed E-state index contributed by atoms with van der Waals surface area (Å²) in [6.45, 7) is 1.98. The molecule has 4 rings (SSSR count). The largest absolute Gasteiger partial charge is 0.423 e. The van der Waals surface area contributed by atoms with Crippen molar-refractivity contribution < 1.29 is 26.6 Å². The maximum Gasteiger partial charge on any atom is 0.339 e. The third kappa shape index (κ3) is 3.40. The first-order valence-corrected chi connectivity index (χ1v) is 10.2. The fourth-order valence-corrected chi connectivity index (χ4v) is 4.17. The molecule has 1 aromatic heterocycles. The Morgan fingerprint density at radius 1 is 0.966 bits per heavy atom. The van der Waals surface area contributed by atoms with E-state index < -0.39 is 27.6 Å². The minimum Gasteiger partial charge on any atom is -0.423 e. The Morgan fingerprint density at radius 2 is 1.72 bits per heavy atom. The van der Waals surface area contributed by atoms with Crippen LogP contribution in [0.1, 0.15) is 39.6 Å². The van der Waals surface area contributed by atoms with Crippen molar-refractivity contribution in [2.75, 3.05) is 0 Å². The van der Waals surface area contributed by atoms with Crippen LogP contribution in [0, 0.1) is 0 Å². The van der Waals surface area contributed by atoms with Gasteiger partial charge in [0, 0.05) is 17.5 Å². The van der Waals surface area contributed by atoms with Gasteiger partial charge < -0.3 is 8.60 Å². The lowest BCUT2D eigenvalue weighted by Gasteiger charge is -2.09. The number of carbonyl (C=O) groups excluding carboxylic acids is 2. The Labute approximate surface area is 165 Å². The van der Waals surface area contributed by atoms with Gasteiger partial charge in [0.25, 0.3) is 11.8 Å². The highest BCUT2D eigenvalue weighted by molar-refractivity contribution is 7.87. The average Bonchev–Trinajstić information content (AvgIpc) is 2.95. The molecule has 0 bridgehead atoms. The molecule has 9 heteroatoms. The first-order valence-electron chi connectivity index (χ1n) is 8.79. The molecule has 0 saturated carbocycles. The van der Waals surface area contributed by atoms with E-state index in [4.69, 9.17) is 8.60 Å². The molecule has 0 saturated heterocycles. The summed E-state index contributed by atoms with van der Waals surface area (Å²) < 4.78 is 35.6. The van der Waals surface area contributed by atoms with E-state index in [0.717, 1.165) is 18.1 Å². The van der Waals surface area contributed by atoms with Crippen molar-refractivity contribution in [2.24, 2.45) is 0 Å². The third-order valence-electron chi connectivity index (χ3n) is 4.52. The van der Waals surface area contributed by atoms with Crippen molar-refractivity contribution >= 4 is 32.9 Å². The van der Waals surface area contributed by atoms with Crippen LogP contribution in [-0.2, 0) is 16.5 Å². The van der Waals surface area contributed by atoms with Gasteiger partial charge in [-0.3, -0.25) is 14.9 Å². The average molecular weight is 413 g/mol. The summed E-state index contributed by atoms with van der Waals surface area (Å²) in [5, 5.41) is 2.79. The van der Waals surface area contributed by atoms with Crippen molar-refractivity contribution in [1.29, 1.82) is 0 Å². The predicted octanol–water partition coefficient (Wildman–Crippen LogP) is 2.40. The van der Waals surface area contributed by atoms with Gasteiger partial charge in [-0.2, -0.15) is 8.42 Å². The van der Waals surface area contributed by atoms with E-state index in [1.165, 1.54) is 30.3 Å². The van der Waals surface area contributed by atoms with E-state index in [-0.39, 0.29) is 27.4 Å². The molecule has 2 aromatic carbocycles. The summed E-state index contributed by atoms with van der Waals surface area (Å²) in [6, 6.07) is 9.36. The van der Waals surface area contributed by atoms with Crippen molar-refractivity contribution in [3.05, 3.63) is 69.6 Å². The maximum atomic E-state index is 12.6. The zero-order chi connectivity index (χ0) is 20.8. The fourth-order valence-electron chi connectivity index (χ4n) is 3.22. The van der Waals surface area contributed by atoms with Gasteiger partial charge in [-0.15, -0.1) is 0 Å². The molecule has 148 valence electrons. The van der Waals surface area contributed by atoms with Crippen molar-refractivity contribution in [1.82, 2.24) is 5.32 Å². The van der Waals surface area contributed by atoms with E-state index in [1.54, 1.807) is 6.07 Å². The number of imide groups is 1. The summed E-state index contributed by atoms with van der Waals surface area (Å²) in [5.41, 5.74) is 0.559. The number of aryl methyl sites for hydroxylation is 1.